The molecule has 1 saturated heterocycles. The number of H-pyrrole nitrogens is 1. The second-order valence-electron chi connectivity index (χ2n) is 6.54. The lowest BCUT2D eigenvalue weighted by atomic mass is 10.2. The molecule has 0 unspecified atom stereocenters. The molecule has 2 N–H and O–H groups in total. The topological polar surface area (TPSA) is 99.7 Å². The van der Waals surface area contributed by atoms with Gasteiger partial charge in [-0.3, -0.25) is 4.79 Å². The maximum atomic E-state index is 14.5. The lowest BCUT2D eigenvalue weighted by Gasteiger charge is -2.25. The highest BCUT2D eigenvalue weighted by Gasteiger charge is 2.36. The van der Waals surface area contributed by atoms with E-state index in [1.54, 1.807) is 12.4 Å². The predicted molar refractivity (Wildman–Crippen MR) is 94.3 cm³/mol. The Kier molecular flexibility index (Phi) is 4.76. The molecule has 0 bridgehead atoms. The van der Waals surface area contributed by atoms with Gasteiger partial charge in [0.05, 0.1) is 6.20 Å². The van der Waals surface area contributed by atoms with Gasteiger partial charge >= 0.3 is 6.18 Å². The molecule has 1 atom stereocenters. The summed E-state index contributed by atoms with van der Waals surface area (Å²) >= 11 is 0. The van der Waals surface area contributed by atoms with E-state index in [9.17, 15) is 22.4 Å². The maximum absolute atomic E-state index is 14.5. The summed E-state index contributed by atoms with van der Waals surface area (Å²) in [5.74, 6) is -1.53. The number of hydrogen-bond donors (Lipinski definition) is 2. The van der Waals surface area contributed by atoms with Crippen LogP contribution in [0.4, 0.5) is 23.4 Å². The van der Waals surface area contributed by atoms with Gasteiger partial charge < -0.3 is 15.2 Å². The maximum Gasteiger partial charge on any atom is 0.405 e. The number of rotatable bonds is 4. The lowest BCUT2D eigenvalue weighted by molar-refractivity contribution is -0.139. The molecule has 12 heteroatoms. The molecule has 1 amide bonds. The summed E-state index contributed by atoms with van der Waals surface area (Å²) in [6, 6.07) is -0.944. The molecule has 0 radical (unpaired) electrons. The smallest absolute Gasteiger partial charge is 0.345 e. The summed E-state index contributed by atoms with van der Waals surface area (Å²) in [6.45, 7) is -1.16. The summed E-state index contributed by atoms with van der Waals surface area (Å²) in [7, 11) is 0. The first-order valence-electron chi connectivity index (χ1n) is 8.74. The number of alkyl halides is 3. The van der Waals surface area contributed by atoms with Crippen molar-refractivity contribution in [3.63, 3.8) is 0 Å². The molecule has 3 aromatic heterocycles. The van der Waals surface area contributed by atoms with Crippen molar-refractivity contribution in [2.24, 2.45) is 0 Å². The lowest BCUT2D eigenvalue weighted by Crippen LogP contribution is -2.46. The third kappa shape index (κ3) is 3.82. The van der Waals surface area contributed by atoms with Gasteiger partial charge in [0.15, 0.2) is 17.5 Å². The van der Waals surface area contributed by atoms with Crippen LogP contribution in [0.15, 0.2) is 24.9 Å². The highest BCUT2D eigenvalue weighted by Crippen LogP contribution is 2.30. The molecule has 0 spiro atoms. The van der Waals surface area contributed by atoms with Crippen LogP contribution in [-0.4, -0.2) is 56.1 Å². The number of amides is 1. The molecule has 0 aliphatic carbocycles. The fourth-order valence-corrected chi connectivity index (χ4v) is 3.33. The molecular formula is C17H15F4N7O. The Labute approximate surface area is 161 Å². The number of halogens is 4. The summed E-state index contributed by atoms with van der Waals surface area (Å²) in [6.07, 6.45) is 1.80. The second kappa shape index (κ2) is 7.26. The predicted octanol–water partition coefficient (Wildman–Crippen LogP) is 2.20. The van der Waals surface area contributed by atoms with Gasteiger partial charge in [-0.2, -0.15) is 13.2 Å². The molecule has 4 heterocycles. The van der Waals surface area contributed by atoms with Crippen molar-refractivity contribution >= 4 is 22.8 Å². The first-order valence-corrected chi connectivity index (χ1v) is 8.74. The van der Waals surface area contributed by atoms with Crippen molar-refractivity contribution < 1.29 is 22.4 Å². The van der Waals surface area contributed by atoms with E-state index in [1.807, 2.05) is 5.32 Å². The quantitative estimate of drug-likeness (QED) is 0.641. The number of carbonyl (C=O) groups excluding carboxylic acids is 1. The van der Waals surface area contributed by atoms with Crippen LogP contribution < -0.4 is 10.2 Å². The summed E-state index contributed by atoms with van der Waals surface area (Å²) in [5.41, 5.74) is 1.09. The molecule has 0 saturated carbocycles. The van der Waals surface area contributed by atoms with Crippen LogP contribution in [0.5, 0.6) is 0 Å². The molecule has 1 aliphatic heterocycles. The van der Waals surface area contributed by atoms with Gasteiger partial charge in [0.1, 0.15) is 24.6 Å². The molecule has 152 valence electrons. The van der Waals surface area contributed by atoms with Gasteiger partial charge in [-0.15, -0.1) is 0 Å². The van der Waals surface area contributed by atoms with Crippen LogP contribution in [0.2, 0.25) is 0 Å². The fourth-order valence-electron chi connectivity index (χ4n) is 3.33. The van der Waals surface area contributed by atoms with Crippen LogP contribution in [0.1, 0.15) is 12.8 Å². The van der Waals surface area contributed by atoms with E-state index in [4.69, 9.17) is 0 Å². The molecule has 3 aromatic rings. The highest BCUT2D eigenvalue weighted by atomic mass is 19.4. The number of nitrogens with zero attached hydrogens (tertiary/aromatic N) is 5. The minimum absolute atomic E-state index is 0.133. The Morgan fingerprint density at radius 1 is 1.31 bits per heavy atom. The fraction of sp³-hybridized carbons (Fsp3) is 0.353. The molecular weight excluding hydrogens is 394 g/mol. The van der Waals surface area contributed by atoms with Crippen LogP contribution in [0, 0.1) is 5.82 Å². The Morgan fingerprint density at radius 2 is 2.14 bits per heavy atom. The Balaban J connectivity index is 1.64. The van der Waals surface area contributed by atoms with E-state index in [0.717, 1.165) is 6.20 Å². The first-order chi connectivity index (χ1) is 13.8. The summed E-state index contributed by atoms with van der Waals surface area (Å²) < 4.78 is 51.7. The molecule has 8 nitrogen and oxygen atoms in total. The van der Waals surface area contributed by atoms with Crippen molar-refractivity contribution in [1.82, 2.24) is 30.2 Å². The molecule has 1 aliphatic rings. The average molecular weight is 409 g/mol. The second-order valence-corrected chi connectivity index (χ2v) is 6.54. The Bertz CT molecular complexity index is 1050. The molecule has 0 aromatic carbocycles. The van der Waals surface area contributed by atoms with Gasteiger partial charge in [0, 0.05) is 29.9 Å². The zero-order valence-corrected chi connectivity index (χ0v) is 14.9. The molecule has 29 heavy (non-hydrogen) atoms. The highest BCUT2D eigenvalue weighted by molar-refractivity contribution is 5.91. The van der Waals surface area contributed by atoms with Crippen LogP contribution in [-0.2, 0) is 4.79 Å². The SMILES string of the molecule is O=C(NCC(F)(F)F)[C@H]1CCCN1c1nc(-c2c[nH]c3ncncc23)ncc1F. The normalized spacial score (nSPS) is 17.1. The van der Waals surface area contributed by atoms with Crippen molar-refractivity contribution in [1.29, 1.82) is 0 Å². The van der Waals surface area contributed by atoms with Crippen LogP contribution in [0.25, 0.3) is 22.4 Å². The Hall–Kier alpha value is -3.31. The van der Waals surface area contributed by atoms with Crippen molar-refractivity contribution in [2.45, 2.75) is 25.1 Å². The van der Waals surface area contributed by atoms with Gasteiger partial charge in [-0.1, -0.05) is 0 Å². The van der Waals surface area contributed by atoms with E-state index in [0.29, 0.717) is 29.4 Å². The largest absolute Gasteiger partial charge is 0.405 e. The number of hydrogen-bond acceptors (Lipinski definition) is 6. The van der Waals surface area contributed by atoms with Crippen molar-refractivity contribution in [2.75, 3.05) is 18.0 Å². The number of fused-ring (bicyclic) bond motifs is 1. The van der Waals surface area contributed by atoms with Gasteiger partial charge in [0.2, 0.25) is 5.91 Å². The zero-order chi connectivity index (χ0) is 20.6. The number of aromatic nitrogens is 5. The summed E-state index contributed by atoms with van der Waals surface area (Å²) in [5, 5.41) is 2.49. The standard InChI is InChI=1S/C17H15F4N7O/c18-11-6-24-14(10-5-23-13-9(10)4-22-8-26-13)27-15(11)28-3-1-2-12(28)16(29)25-7-17(19,20)21/h4-6,8,12H,1-3,7H2,(H,25,29)(H,22,23,26)/t12-/m1/s1. The van der Waals surface area contributed by atoms with Gasteiger partial charge in [-0.05, 0) is 12.8 Å². The monoisotopic (exact) mass is 409 g/mol. The van der Waals surface area contributed by atoms with Crippen molar-refractivity contribution in [3.8, 4) is 11.4 Å². The van der Waals surface area contributed by atoms with Crippen LogP contribution >= 0.6 is 0 Å². The van der Waals surface area contributed by atoms with Gasteiger partial charge in [-0.25, -0.2) is 24.3 Å². The number of aromatic amines is 1. The average Bonchev–Trinajstić information content (AvgIpc) is 3.33. The van der Waals surface area contributed by atoms with Crippen LogP contribution in [0.3, 0.4) is 0 Å². The number of anilines is 1. The first kappa shape index (κ1) is 19.0. The minimum atomic E-state index is -4.52. The zero-order valence-electron chi connectivity index (χ0n) is 14.9. The van der Waals surface area contributed by atoms with E-state index < -0.39 is 30.5 Å². The number of carbonyl (C=O) groups is 1. The third-order valence-electron chi connectivity index (χ3n) is 4.61. The third-order valence-corrected chi connectivity index (χ3v) is 4.61. The molecule has 4 rings (SSSR count). The van der Waals surface area contributed by atoms with Crippen molar-refractivity contribution in [3.05, 3.63) is 30.7 Å². The van der Waals surface area contributed by atoms with E-state index in [-0.39, 0.29) is 18.2 Å². The van der Waals surface area contributed by atoms with E-state index in [1.165, 1.54) is 11.2 Å². The van der Waals surface area contributed by atoms with Gasteiger partial charge in [0.25, 0.3) is 0 Å². The summed E-state index contributed by atoms with van der Waals surface area (Å²) in [4.78, 5) is 32.8. The number of nitrogens with one attached hydrogen (secondary N) is 2. The Morgan fingerprint density at radius 3 is 2.93 bits per heavy atom. The molecule has 1 fully saturated rings. The van der Waals surface area contributed by atoms with E-state index in [2.05, 4.69) is 24.9 Å². The van der Waals surface area contributed by atoms with E-state index >= 15 is 0 Å². The minimum Gasteiger partial charge on any atom is -0.345 e.